The van der Waals surface area contributed by atoms with E-state index in [0.29, 0.717) is 41.2 Å². The van der Waals surface area contributed by atoms with Gasteiger partial charge in [0.1, 0.15) is 27.4 Å². The maximum Gasteiger partial charge on any atom is 0.253 e. The summed E-state index contributed by atoms with van der Waals surface area (Å²) in [5.74, 6) is 1.06. The van der Waals surface area contributed by atoms with Gasteiger partial charge in [0.15, 0.2) is 0 Å². The smallest absolute Gasteiger partial charge is 0.253 e. The van der Waals surface area contributed by atoms with Gasteiger partial charge in [-0.3, -0.25) is 9.78 Å². The molecule has 11 heteroatoms. The third-order valence-corrected chi connectivity index (χ3v) is 7.84. The first-order valence-corrected chi connectivity index (χ1v) is 12.4. The van der Waals surface area contributed by atoms with Gasteiger partial charge in [0.05, 0.1) is 17.9 Å². The zero-order chi connectivity index (χ0) is 22.8. The van der Waals surface area contributed by atoms with Crippen molar-refractivity contribution in [2.24, 2.45) is 0 Å². The molecule has 33 heavy (non-hydrogen) atoms. The lowest BCUT2D eigenvalue weighted by Gasteiger charge is -2.34. The normalized spacial score (nSPS) is 15.0. The number of hydrogen-bond donors (Lipinski definition) is 0. The monoisotopic (exact) mass is 481 g/mol. The van der Waals surface area contributed by atoms with Crippen LogP contribution in [-0.4, -0.2) is 63.4 Å². The molecule has 1 aliphatic heterocycles. The first-order chi connectivity index (χ1) is 16.0. The number of nitrogens with zero attached hydrogens (tertiary/aromatic N) is 5. The molecule has 0 atom stereocenters. The van der Waals surface area contributed by atoms with E-state index < -0.39 is 10.0 Å². The van der Waals surface area contributed by atoms with Crippen LogP contribution in [0.2, 0.25) is 0 Å². The van der Waals surface area contributed by atoms with E-state index in [2.05, 4.69) is 13.7 Å². The van der Waals surface area contributed by atoms with Crippen LogP contribution in [0, 0.1) is 0 Å². The number of piperazine rings is 1. The summed E-state index contributed by atoms with van der Waals surface area (Å²) in [6.45, 7) is 1.03. The first-order valence-electron chi connectivity index (χ1n) is 10.2. The topological polar surface area (TPSA) is 106 Å². The summed E-state index contributed by atoms with van der Waals surface area (Å²) in [5.41, 5.74) is 1.46. The third kappa shape index (κ3) is 4.30. The molecule has 1 fully saturated rings. The van der Waals surface area contributed by atoms with Crippen LogP contribution < -0.4 is 4.74 Å². The molecular formula is C22H19N5O4S2. The quantitative estimate of drug-likeness (QED) is 0.431. The van der Waals surface area contributed by atoms with Crippen molar-refractivity contribution < 1.29 is 17.9 Å². The maximum atomic E-state index is 13.2. The van der Waals surface area contributed by atoms with E-state index >= 15 is 0 Å². The summed E-state index contributed by atoms with van der Waals surface area (Å²) in [6.07, 6.45) is 3.27. The van der Waals surface area contributed by atoms with Gasteiger partial charge in [0.2, 0.25) is 10.0 Å². The zero-order valence-electron chi connectivity index (χ0n) is 17.4. The number of aromatic nitrogens is 3. The minimum absolute atomic E-state index is 0.147. The van der Waals surface area contributed by atoms with Crippen molar-refractivity contribution in [2.75, 3.05) is 26.2 Å². The van der Waals surface area contributed by atoms with Gasteiger partial charge < -0.3 is 9.64 Å². The van der Waals surface area contributed by atoms with Gasteiger partial charge in [-0.25, -0.2) is 8.42 Å². The SMILES string of the molecule is O=C(c1ccc(Oc2cccnc2)cc1)N1CCN(S(=O)(=O)c2cccc3nsnc23)CC1. The number of ether oxygens (including phenoxy) is 1. The van der Waals surface area contributed by atoms with Gasteiger partial charge >= 0.3 is 0 Å². The summed E-state index contributed by atoms with van der Waals surface area (Å²) in [4.78, 5) is 18.7. The molecule has 1 amide bonds. The Hall–Kier alpha value is -3.41. The van der Waals surface area contributed by atoms with Crippen LogP contribution in [0.15, 0.2) is 71.9 Å². The highest BCUT2D eigenvalue weighted by atomic mass is 32.2. The van der Waals surface area contributed by atoms with Gasteiger partial charge in [-0.2, -0.15) is 13.1 Å². The predicted molar refractivity (Wildman–Crippen MR) is 123 cm³/mol. The van der Waals surface area contributed by atoms with Crippen molar-refractivity contribution in [1.29, 1.82) is 0 Å². The molecule has 0 saturated carbocycles. The van der Waals surface area contributed by atoms with E-state index in [0.717, 1.165) is 11.7 Å². The lowest BCUT2D eigenvalue weighted by Crippen LogP contribution is -2.50. The Kier molecular flexibility index (Phi) is 5.75. The molecule has 2 aromatic carbocycles. The lowest BCUT2D eigenvalue weighted by atomic mass is 10.2. The van der Waals surface area contributed by atoms with E-state index in [4.69, 9.17) is 4.74 Å². The van der Waals surface area contributed by atoms with Crippen molar-refractivity contribution in [3.05, 3.63) is 72.6 Å². The number of rotatable bonds is 5. The van der Waals surface area contributed by atoms with Crippen LogP contribution in [0.1, 0.15) is 10.4 Å². The van der Waals surface area contributed by atoms with E-state index in [1.807, 2.05) is 0 Å². The van der Waals surface area contributed by atoms with Crippen molar-refractivity contribution in [3.63, 3.8) is 0 Å². The minimum atomic E-state index is -3.73. The molecule has 0 N–H and O–H groups in total. The first kappa shape index (κ1) is 21.4. The molecule has 0 spiro atoms. The molecule has 1 saturated heterocycles. The van der Waals surface area contributed by atoms with Crippen LogP contribution in [0.3, 0.4) is 0 Å². The maximum absolute atomic E-state index is 13.2. The number of pyridine rings is 1. The standard InChI is InChI=1S/C22H19N5O4S2/c28-22(16-6-8-17(9-7-16)31-18-3-2-10-23-15-18)26-11-13-27(14-12-26)33(29,30)20-5-1-4-19-21(20)25-32-24-19/h1-10,15H,11-14H2. The fraction of sp³-hybridized carbons (Fsp3) is 0.182. The second kappa shape index (κ2) is 8.85. The summed E-state index contributed by atoms with van der Waals surface area (Å²) in [6, 6.07) is 15.4. The number of amides is 1. The van der Waals surface area contributed by atoms with Crippen molar-refractivity contribution in [2.45, 2.75) is 4.90 Å². The Morgan fingerprint density at radius 2 is 1.70 bits per heavy atom. The van der Waals surface area contributed by atoms with Gasteiger partial charge in [-0.1, -0.05) is 6.07 Å². The number of fused-ring (bicyclic) bond motifs is 1. The van der Waals surface area contributed by atoms with Crippen LogP contribution in [0.5, 0.6) is 11.5 Å². The van der Waals surface area contributed by atoms with E-state index in [1.165, 1.54) is 4.31 Å². The highest BCUT2D eigenvalue weighted by molar-refractivity contribution is 7.89. The zero-order valence-corrected chi connectivity index (χ0v) is 19.0. The van der Waals surface area contributed by atoms with Crippen molar-refractivity contribution >= 4 is 38.7 Å². The van der Waals surface area contributed by atoms with Crippen LogP contribution in [0.25, 0.3) is 11.0 Å². The second-order valence-electron chi connectivity index (χ2n) is 7.40. The lowest BCUT2D eigenvalue weighted by molar-refractivity contribution is 0.0698. The molecule has 4 aromatic rings. The van der Waals surface area contributed by atoms with Crippen LogP contribution >= 0.6 is 11.7 Å². The Morgan fingerprint density at radius 1 is 0.909 bits per heavy atom. The Labute approximate surface area is 194 Å². The summed E-state index contributed by atoms with van der Waals surface area (Å²) in [5, 5.41) is 0. The highest BCUT2D eigenvalue weighted by Gasteiger charge is 2.32. The third-order valence-electron chi connectivity index (χ3n) is 5.36. The summed E-state index contributed by atoms with van der Waals surface area (Å²) in [7, 11) is -3.73. The summed E-state index contributed by atoms with van der Waals surface area (Å²) < 4.78 is 41.7. The second-order valence-corrected chi connectivity index (χ2v) is 9.83. The minimum Gasteiger partial charge on any atom is -0.456 e. The number of benzene rings is 2. The average Bonchev–Trinajstić information content (AvgIpc) is 3.34. The molecule has 0 unspecified atom stereocenters. The molecule has 1 aliphatic rings. The van der Waals surface area contributed by atoms with Gasteiger partial charge in [0.25, 0.3) is 5.91 Å². The molecule has 2 aromatic heterocycles. The predicted octanol–water partition coefficient (Wildman–Crippen LogP) is 3.03. The van der Waals surface area contributed by atoms with E-state index in [1.54, 1.807) is 71.9 Å². The van der Waals surface area contributed by atoms with E-state index in [9.17, 15) is 13.2 Å². The molecule has 0 bridgehead atoms. The van der Waals surface area contributed by atoms with Crippen LogP contribution in [-0.2, 0) is 10.0 Å². The van der Waals surface area contributed by atoms with E-state index in [-0.39, 0.29) is 23.9 Å². The molecule has 168 valence electrons. The van der Waals surface area contributed by atoms with Crippen molar-refractivity contribution in [1.82, 2.24) is 22.9 Å². The number of carbonyl (C=O) groups excluding carboxylic acids is 1. The molecule has 9 nitrogen and oxygen atoms in total. The number of carbonyl (C=O) groups is 1. The molecule has 0 radical (unpaired) electrons. The summed E-state index contributed by atoms with van der Waals surface area (Å²) >= 11 is 0.985. The molecular weight excluding hydrogens is 462 g/mol. The van der Waals surface area contributed by atoms with Crippen molar-refractivity contribution in [3.8, 4) is 11.5 Å². The Bertz CT molecular complexity index is 1380. The fourth-order valence-corrected chi connectivity index (χ4v) is 5.83. The Morgan fingerprint density at radius 3 is 2.42 bits per heavy atom. The fourth-order valence-electron chi connectivity index (χ4n) is 3.65. The largest absolute Gasteiger partial charge is 0.456 e. The van der Waals surface area contributed by atoms with Crippen LogP contribution in [0.4, 0.5) is 0 Å². The number of hydrogen-bond acceptors (Lipinski definition) is 8. The number of sulfonamides is 1. The highest BCUT2D eigenvalue weighted by Crippen LogP contribution is 2.26. The Balaban J connectivity index is 1.24. The molecule has 0 aliphatic carbocycles. The molecule has 5 rings (SSSR count). The molecule has 3 heterocycles. The average molecular weight is 482 g/mol. The van der Waals surface area contributed by atoms with Gasteiger partial charge in [-0.05, 0) is 48.5 Å². The van der Waals surface area contributed by atoms with Gasteiger partial charge in [-0.15, -0.1) is 0 Å². The van der Waals surface area contributed by atoms with Gasteiger partial charge in [0, 0.05) is 37.9 Å².